The first-order valence-corrected chi connectivity index (χ1v) is 11.0. The molecular formula is C23H26Cl2N2O. The van der Waals surface area contributed by atoms with Crippen LogP contribution in [0.5, 0.6) is 0 Å². The summed E-state index contributed by atoms with van der Waals surface area (Å²) in [6, 6.07) is 8.17. The van der Waals surface area contributed by atoms with Crippen molar-refractivity contribution in [2.75, 3.05) is 6.54 Å². The number of aromatic nitrogens is 1. The molecule has 2 aliphatic rings. The molecule has 0 N–H and O–H groups in total. The minimum absolute atomic E-state index is 0.0177. The monoisotopic (exact) mass is 416 g/mol. The zero-order valence-corrected chi connectivity index (χ0v) is 17.7. The summed E-state index contributed by atoms with van der Waals surface area (Å²) in [5.74, 6) is 0.864. The maximum Gasteiger partial charge on any atom is 0.226 e. The zero-order chi connectivity index (χ0) is 19.7. The van der Waals surface area contributed by atoms with Crippen molar-refractivity contribution in [3.05, 3.63) is 52.3 Å². The van der Waals surface area contributed by atoms with Gasteiger partial charge in [0.25, 0.3) is 0 Å². The summed E-state index contributed by atoms with van der Waals surface area (Å²) in [6.07, 6.45) is 9.91. The molecular weight excluding hydrogens is 391 g/mol. The molecule has 2 heterocycles. The van der Waals surface area contributed by atoms with Crippen molar-refractivity contribution in [1.82, 2.24) is 9.88 Å². The molecule has 148 valence electrons. The van der Waals surface area contributed by atoms with E-state index in [-0.39, 0.29) is 11.8 Å². The number of nitrogens with zero attached hydrogens (tertiary/aromatic N) is 2. The van der Waals surface area contributed by atoms with Gasteiger partial charge in [0.2, 0.25) is 5.91 Å². The van der Waals surface area contributed by atoms with Crippen LogP contribution in [-0.4, -0.2) is 28.4 Å². The molecule has 1 saturated carbocycles. The highest BCUT2D eigenvalue weighted by Gasteiger charge is 2.38. The molecule has 4 rings (SSSR count). The summed E-state index contributed by atoms with van der Waals surface area (Å²) in [7, 11) is 0. The Hall–Kier alpha value is -1.58. The predicted octanol–water partition coefficient (Wildman–Crippen LogP) is 6.03. The third kappa shape index (κ3) is 3.92. The predicted molar refractivity (Wildman–Crippen MR) is 115 cm³/mol. The molecule has 3 atom stereocenters. The van der Waals surface area contributed by atoms with E-state index in [1.54, 1.807) is 12.4 Å². The molecule has 0 bridgehead atoms. The van der Waals surface area contributed by atoms with Gasteiger partial charge in [0.15, 0.2) is 0 Å². The van der Waals surface area contributed by atoms with Crippen LogP contribution in [0.3, 0.4) is 0 Å². The van der Waals surface area contributed by atoms with Crippen LogP contribution in [0.1, 0.15) is 44.6 Å². The number of amides is 1. The highest BCUT2D eigenvalue weighted by Crippen LogP contribution is 2.37. The first kappa shape index (κ1) is 19.7. The lowest BCUT2D eigenvalue weighted by atomic mass is 9.85. The second-order valence-electron chi connectivity index (χ2n) is 8.20. The highest BCUT2D eigenvalue weighted by molar-refractivity contribution is 6.36. The molecule has 1 aromatic heterocycles. The van der Waals surface area contributed by atoms with E-state index in [1.807, 2.05) is 24.3 Å². The zero-order valence-electron chi connectivity index (χ0n) is 16.2. The SMILES string of the molecule is C[C@@H]1CCCC[C@@H]1N1CCC(Cc2c(Cl)cc(-c3ccncc3)cc2Cl)C1=O. The Kier molecular flexibility index (Phi) is 5.93. The fraction of sp³-hybridized carbons (Fsp3) is 0.478. The molecule has 0 radical (unpaired) electrons. The van der Waals surface area contributed by atoms with E-state index >= 15 is 0 Å². The van der Waals surface area contributed by atoms with Crippen LogP contribution in [0, 0.1) is 11.8 Å². The van der Waals surface area contributed by atoms with Crippen molar-refractivity contribution in [2.45, 2.75) is 51.5 Å². The molecule has 0 spiro atoms. The van der Waals surface area contributed by atoms with E-state index in [9.17, 15) is 4.79 Å². The van der Waals surface area contributed by atoms with Crippen molar-refractivity contribution in [3.8, 4) is 11.1 Å². The maximum atomic E-state index is 13.1. The minimum atomic E-state index is -0.0177. The molecule has 1 amide bonds. The maximum absolute atomic E-state index is 13.1. The van der Waals surface area contributed by atoms with E-state index in [0.717, 1.165) is 36.1 Å². The van der Waals surface area contributed by atoms with Crippen LogP contribution < -0.4 is 0 Å². The van der Waals surface area contributed by atoms with Crippen molar-refractivity contribution in [1.29, 1.82) is 0 Å². The average molecular weight is 417 g/mol. The molecule has 5 heteroatoms. The Labute approximate surface area is 177 Å². The van der Waals surface area contributed by atoms with Crippen LogP contribution >= 0.6 is 23.2 Å². The number of hydrogen-bond acceptors (Lipinski definition) is 2. The lowest BCUT2D eigenvalue weighted by Gasteiger charge is -2.36. The summed E-state index contributed by atoms with van der Waals surface area (Å²) < 4.78 is 0. The van der Waals surface area contributed by atoms with Crippen molar-refractivity contribution in [2.24, 2.45) is 11.8 Å². The third-order valence-electron chi connectivity index (χ3n) is 6.42. The quantitative estimate of drug-likeness (QED) is 0.609. The van der Waals surface area contributed by atoms with Crippen LogP contribution in [-0.2, 0) is 11.2 Å². The van der Waals surface area contributed by atoms with Gasteiger partial charge in [-0.3, -0.25) is 9.78 Å². The molecule has 1 aromatic carbocycles. The first-order chi connectivity index (χ1) is 13.5. The number of carbonyl (C=O) groups excluding carboxylic acids is 1. The molecule has 1 unspecified atom stereocenters. The van der Waals surface area contributed by atoms with Gasteiger partial charge in [-0.25, -0.2) is 0 Å². The van der Waals surface area contributed by atoms with E-state index < -0.39 is 0 Å². The smallest absolute Gasteiger partial charge is 0.226 e. The first-order valence-electron chi connectivity index (χ1n) is 10.2. The fourth-order valence-corrected chi connectivity index (χ4v) is 5.44. The Morgan fingerprint density at radius 2 is 1.71 bits per heavy atom. The molecule has 1 aliphatic carbocycles. The van der Waals surface area contributed by atoms with E-state index in [4.69, 9.17) is 23.2 Å². The Bertz CT molecular complexity index is 832. The number of halogens is 2. The molecule has 1 saturated heterocycles. The number of pyridine rings is 1. The van der Waals surface area contributed by atoms with E-state index in [0.29, 0.717) is 28.4 Å². The second-order valence-corrected chi connectivity index (χ2v) is 9.02. The van der Waals surface area contributed by atoms with E-state index in [1.165, 1.54) is 19.3 Å². The topological polar surface area (TPSA) is 33.2 Å². The largest absolute Gasteiger partial charge is 0.339 e. The minimum Gasteiger partial charge on any atom is -0.339 e. The molecule has 3 nitrogen and oxygen atoms in total. The van der Waals surface area contributed by atoms with Gasteiger partial charge in [-0.1, -0.05) is 43.0 Å². The van der Waals surface area contributed by atoms with Crippen LogP contribution in [0.25, 0.3) is 11.1 Å². The van der Waals surface area contributed by atoms with Gasteiger partial charge in [-0.2, -0.15) is 0 Å². The average Bonchev–Trinajstić information content (AvgIpc) is 3.06. The summed E-state index contributed by atoms with van der Waals surface area (Å²) in [4.78, 5) is 19.3. The molecule has 28 heavy (non-hydrogen) atoms. The standard InChI is InChI=1S/C23H26Cl2N2O/c1-15-4-2-3-5-22(15)27-11-8-17(23(27)28)12-19-20(24)13-18(14-21(19)25)16-6-9-26-10-7-16/h6-7,9-10,13-15,17,22H,2-5,8,11-12H2,1H3/t15-,17?,22+/m1/s1. The van der Waals surface area contributed by atoms with Gasteiger partial charge in [-0.05, 0) is 72.6 Å². The van der Waals surface area contributed by atoms with Gasteiger partial charge < -0.3 is 4.90 Å². The van der Waals surface area contributed by atoms with Gasteiger partial charge in [0.1, 0.15) is 0 Å². The summed E-state index contributed by atoms with van der Waals surface area (Å²) in [5, 5.41) is 1.27. The van der Waals surface area contributed by atoms with Crippen molar-refractivity contribution in [3.63, 3.8) is 0 Å². The number of likely N-dealkylation sites (tertiary alicyclic amines) is 1. The normalized spacial score (nSPS) is 25.3. The molecule has 1 aliphatic heterocycles. The number of hydrogen-bond donors (Lipinski definition) is 0. The summed E-state index contributed by atoms with van der Waals surface area (Å²) in [6.45, 7) is 3.15. The third-order valence-corrected chi connectivity index (χ3v) is 7.10. The number of rotatable bonds is 4. The fourth-order valence-electron chi connectivity index (χ4n) is 4.80. The van der Waals surface area contributed by atoms with E-state index in [2.05, 4.69) is 16.8 Å². The Morgan fingerprint density at radius 3 is 2.39 bits per heavy atom. The van der Waals surface area contributed by atoms with Crippen molar-refractivity contribution < 1.29 is 4.79 Å². The van der Waals surface area contributed by atoms with Crippen LogP contribution in [0.4, 0.5) is 0 Å². The Morgan fingerprint density at radius 1 is 1.04 bits per heavy atom. The lowest BCUT2D eigenvalue weighted by Crippen LogP contribution is -2.43. The highest BCUT2D eigenvalue weighted by atomic mass is 35.5. The van der Waals surface area contributed by atoms with Crippen LogP contribution in [0.15, 0.2) is 36.7 Å². The van der Waals surface area contributed by atoms with Gasteiger partial charge >= 0.3 is 0 Å². The summed E-state index contributed by atoms with van der Waals surface area (Å²) in [5.41, 5.74) is 2.88. The van der Waals surface area contributed by atoms with Crippen molar-refractivity contribution >= 4 is 29.1 Å². The van der Waals surface area contributed by atoms with Gasteiger partial charge in [0.05, 0.1) is 0 Å². The van der Waals surface area contributed by atoms with Gasteiger partial charge in [-0.15, -0.1) is 0 Å². The Balaban J connectivity index is 1.51. The number of benzene rings is 1. The van der Waals surface area contributed by atoms with Gasteiger partial charge in [0, 0.05) is 40.9 Å². The molecule has 2 fully saturated rings. The second kappa shape index (κ2) is 8.42. The summed E-state index contributed by atoms with van der Waals surface area (Å²) >= 11 is 13.2. The molecule has 2 aromatic rings. The lowest BCUT2D eigenvalue weighted by molar-refractivity contribution is -0.134. The number of carbonyl (C=O) groups is 1. The van der Waals surface area contributed by atoms with Crippen LogP contribution in [0.2, 0.25) is 10.0 Å².